The lowest BCUT2D eigenvalue weighted by atomic mass is 10.2. The van der Waals surface area contributed by atoms with Gasteiger partial charge in [0, 0.05) is 17.7 Å². The molecule has 0 atom stereocenters. The van der Waals surface area contributed by atoms with Crippen molar-refractivity contribution in [3.63, 3.8) is 0 Å². The average molecular weight is 243 g/mol. The van der Waals surface area contributed by atoms with E-state index in [4.69, 9.17) is 17.3 Å². The number of aromatic nitrogens is 1. The first kappa shape index (κ1) is 12.6. The molecule has 5 nitrogen and oxygen atoms in total. The number of urea groups is 1. The van der Waals surface area contributed by atoms with Gasteiger partial charge < -0.3 is 16.4 Å². The number of nitrogens with two attached hydrogens (primary N) is 1. The van der Waals surface area contributed by atoms with E-state index in [1.165, 1.54) is 0 Å². The molecule has 1 heterocycles. The van der Waals surface area contributed by atoms with Gasteiger partial charge in [-0.25, -0.2) is 9.78 Å². The molecule has 88 valence electrons. The molecule has 0 radical (unpaired) electrons. The number of pyridine rings is 1. The Morgan fingerprint density at radius 1 is 1.56 bits per heavy atom. The number of carbonyl (C=O) groups is 1. The first-order valence-electron chi connectivity index (χ1n) is 4.90. The van der Waals surface area contributed by atoms with Gasteiger partial charge in [-0.2, -0.15) is 0 Å². The summed E-state index contributed by atoms with van der Waals surface area (Å²) in [6.45, 7) is 5.73. The highest BCUT2D eigenvalue weighted by molar-refractivity contribution is 6.30. The Hall–Kier alpha value is -1.49. The molecule has 6 heteroatoms. The number of carbonyl (C=O) groups excluding carboxylic acids is 1. The summed E-state index contributed by atoms with van der Waals surface area (Å²) in [4.78, 5) is 14.9. The van der Waals surface area contributed by atoms with Gasteiger partial charge in [0.25, 0.3) is 0 Å². The Bertz CT molecular complexity index is 406. The Morgan fingerprint density at radius 3 is 2.69 bits per heavy atom. The van der Waals surface area contributed by atoms with E-state index in [1.807, 2.05) is 13.8 Å². The summed E-state index contributed by atoms with van der Waals surface area (Å²) in [5, 5.41) is 5.94. The quantitative estimate of drug-likeness (QED) is 0.712. The summed E-state index contributed by atoms with van der Waals surface area (Å²) < 4.78 is 0. The van der Waals surface area contributed by atoms with Gasteiger partial charge in [-0.3, -0.25) is 0 Å². The zero-order valence-corrected chi connectivity index (χ0v) is 10.2. The van der Waals surface area contributed by atoms with Crippen molar-refractivity contribution in [2.45, 2.75) is 26.8 Å². The lowest BCUT2D eigenvalue weighted by molar-refractivity contribution is 0.259. The number of hydrogen-bond donors (Lipinski definition) is 3. The molecule has 1 aromatic heterocycles. The molecule has 2 amide bonds. The molecule has 0 aromatic carbocycles. The molecule has 1 rings (SSSR count). The second-order valence-electron chi connectivity index (χ2n) is 3.76. The fourth-order valence-electron chi connectivity index (χ4n) is 1.21. The molecular weight excluding hydrogens is 228 g/mol. The second-order valence-corrected chi connectivity index (χ2v) is 4.12. The van der Waals surface area contributed by atoms with Crippen LogP contribution in [0.25, 0.3) is 0 Å². The molecule has 0 saturated heterocycles. The molecule has 0 fully saturated rings. The summed E-state index contributed by atoms with van der Waals surface area (Å²) in [6, 6.07) is 1.31. The second kappa shape index (κ2) is 5.03. The number of primary amides is 1. The minimum absolute atomic E-state index is 0.229. The standard InChI is InChI=1S/C10H15ClN4O/c1-5(2)13-8-4-7(14-10(12)16)6(3)9(11)15-8/h4-5H,1-3H3,(H4,12,13,14,15,16). The number of nitrogens with zero attached hydrogens (tertiary/aromatic N) is 1. The van der Waals surface area contributed by atoms with Crippen LogP contribution in [0.2, 0.25) is 5.15 Å². The predicted molar refractivity (Wildman–Crippen MR) is 65.9 cm³/mol. The van der Waals surface area contributed by atoms with Crippen LogP contribution in [0.5, 0.6) is 0 Å². The molecule has 0 saturated carbocycles. The van der Waals surface area contributed by atoms with Crippen LogP contribution in [0, 0.1) is 6.92 Å². The normalized spacial score (nSPS) is 10.3. The van der Waals surface area contributed by atoms with Crippen LogP contribution < -0.4 is 16.4 Å². The molecule has 0 aliphatic carbocycles. The summed E-state index contributed by atoms with van der Waals surface area (Å²) in [5.41, 5.74) is 6.32. The third kappa shape index (κ3) is 3.27. The van der Waals surface area contributed by atoms with Crippen molar-refractivity contribution in [3.05, 3.63) is 16.8 Å². The highest BCUT2D eigenvalue weighted by atomic mass is 35.5. The first-order valence-corrected chi connectivity index (χ1v) is 5.28. The maximum Gasteiger partial charge on any atom is 0.316 e. The van der Waals surface area contributed by atoms with Crippen LogP contribution in [-0.2, 0) is 0 Å². The monoisotopic (exact) mass is 242 g/mol. The third-order valence-electron chi connectivity index (χ3n) is 1.91. The van der Waals surface area contributed by atoms with Crippen molar-refractivity contribution < 1.29 is 4.79 Å². The van der Waals surface area contributed by atoms with Crippen LogP contribution in [0.4, 0.5) is 16.3 Å². The zero-order chi connectivity index (χ0) is 12.3. The Balaban J connectivity index is 3.06. The van der Waals surface area contributed by atoms with Gasteiger partial charge in [0.2, 0.25) is 0 Å². The van der Waals surface area contributed by atoms with Crippen molar-refractivity contribution in [2.24, 2.45) is 5.73 Å². The van der Waals surface area contributed by atoms with Crippen LogP contribution in [-0.4, -0.2) is 17.1 Å². The fraction of sp³-hybridized carbons (Fsp3) is 0.400. The van der Waals surface area contributed by atoms with E-state index in [0.717, 1.165) is 0 Å². The van der Waals surface area contributed by atoms with Crippen molar-refractivity contribution in [1.82, 2.24) is 4.98 Å². The van der Waals surface area contributed by atoms with Gasteiger partial charge in [0.05, 0.1) is 5.69 Å². The maximum absolute atomic E-state index is 10.8. The summed E-state index contributed by atoms with van der Waals surface area (Å²) in [7, 11) is 0. The van der Waals surface area contributed by atoms with E-state index in [9.17, 15) is 4.79 Å². The van der Waals surface area contributed by atoms with Crippen molar-refractivity contribution in [3.8, 4) is 0 Å². The van der Waals surface area contributed by atoms with E-state index in [-0.39, 0.29) is 6.04 Å². The summed E-state index contributed by atoms with van der Waals surface area (Å²) >= 11 is 5.94. The van der Waals surface area contributed by atoms with Crippen LogP contribution in [0.1, 0.15) is 19.4 Å². The lowest BCUT2D eigenvalue weighted by Crippen LogP contribution is -2.20. The lowest BCUT2D eigenvalue weighted by Gasteiger charge is -2.13. The van der Waals surface area contributed by atoms with Gasteiger partial charge in [0.15, 0.2) is 0 Å². The SMILES string of the molecule is Cc1c(NC(N)=O)cc(NC(C)C)nc1Cl. The Labute approximate surface area is 99.4 Å². The van der Waals surface area contributed by atoms with Crippen molar-refractivity contribution >= 4 is 29.1 Å². The van der Waals surface area contributed by atoms with E-state index in [1.54, 1.807) is 13.0 Å². The van der Waals surface area contributed by atoms with E-state index >= 15 is 0 Å². The summed E-state index contributed by atoms with van der Waals surface area (Å²) in [6.07, 6.45) is 0. The Morgan fingerprint density at radius 2 is 2.19 bits per heavy atom. The largest absolute Gasteiger partial charge is 0.368 e. The minimum atomic E-state index is -0.624. The van der Waals surface area contributed by atoms with Crippen LogP contribution >= 0.6 is 11.6 Å². The van der Waals surface area contributed by atoms with E-state index < -0.39 is 6.03 Å². The third-order valence-corrected chi connectivity index (χ3v) is 2.28. The first-order chi connectivity index (χ1) is 7.40. The summed E-state index contributed by atoms with van der Waals surface area (Å²) in [5.74, 6) is 0.606. The average Bonchev–Trinajstić information content (AvgIpc) is 2.11. The molecule has 4 N–H and O–H groups in total. The van der Waals surface area contributed by atoms with Crippen LogP contribution in [0.15, 0.2) is 6.07 Å². The number of halogens is 1. The highest BCUT2D eigenvalue weighted by Crippen LogP contribution is 2.25. The Kier molecular flexibility index (Phi) is 3.95. The number of nitrogens with one attached hydrogen (secondary N) is 2. The minimum Gasteiger partial charge on any atom is -0.368 e. The molecule has 0 aliphatic heterocycles. The van der Waals surface area contributed by atoms with Gasteiger partial charge in [-0.1, -0.05) is 11.6 Å². The molecule has 0 bridgehead atoms. The molecule has 1 aromatic rings. The van der Waals surface area contributed by atoms with E-state index in [0.29, 0.717) is 22.2 Å². The number of hydrogen-bond acceptors (Lipinski definition) is 3. The van der Waals surface area contributed by atoms with Gasteiger partial charge in [0.1, 0.15) is 11.0 Å². The van der Waals surface area contributed by atoms with Crippen molar-refractivity contribution in [1.29, 1.82) is 0 Å². The molecule has 0 aliphatic rings. The topological polar surface area (TPSA) is 80.0 Å². The molecule has 0 unspecified atom stereocenters. The van der Waals surface area contributed by atoms with Gasteiger partial charge in [-0.15, -0.1) is 0 Å². The number of rotatable bonds is 3. The van der Waals surface area contributed by atoms with Crippen LogP contribution in [0.3, 0.4) is 0 Å². The molecular formula is C10H15ClN4O. The maximum atomic E-state index is 10.8. The van der Waals surface area contributed by atoms with Gasteiger partial charge in [-0.05, 0) is 20.8 Å². The number of anilines is 2. The van der Waals surface area contributed by atoms with E-state index in [2.05, 4.69) is 15.6 Å². The highest BCUT2D eigenvalue weighted by Gasteiger charge is 2.09. The predicted octanol–water partition coefficient (Wildman–Crippen LogP) is 2.35. The smallest absolute Gasteiger partial charge is 0.316 e. The zero-order valence-electron chi connectivity index (χ0n) is 9.47. The molecule has 16 heavy (non-hydrogen) atoms. The van der Waals surface area contributed by atoms with Gasteiger partial charge >= 0.3 is 6.03 Å². The molecule has 0 spiro atoms. The van der Waals surface area contributed by atoms with Crippen molar-refractivity contribution in [2.75, 3.05) is 10.6 Å². The fourth-order valence-corrected chi connectivity index (χ4v) is 1.40. The number of amides is 2.